The molecule has 9 heteroatoms. The maximum Gasteiger partial charge on any atom is 0.299 e. The fraction of sp³-hybridized carbons (Fsp3) is 0.235. The number of nitrogens with zero attached hydrogens (tertiary/aromatic N) is 4. The lowest BCUT2D eigenvalue weighted by Gasteiger charge is -2.24. The van der Waals surface area contributed by atoms with Gasteiger partial charge in [0.05, 0.1) is 32.2 Å². The summed E-state index contributed by atoms with van der Waals surface area (Å²) in [5.74, 6) is 0. The van der Waals surface area contributed by atoms with Gasteiger partial charge >= 0.3 is 0 Å². The minimum atomic E-state index is -0.619. The molecule has 0 amide bonds. The Hall–Kier alpha value is -3.07. The van der Waals surface area contributed by atoms with E-state index in [0.717, 1.165) is 34.1 Å². The number of nitro benzene ring substituents is 2. The molecule has 8 nitrogen and oxygen atoms in total. The van der Waals surface area contributed by atoms with Gasteiger partial charge in [-0.25, -0.2) is 4.98 Å². The highest BCUT2D eigenvalue weighted by Gasteiger charge is 2.33. The maximum absolute atomic E-state index is 11.5. The summed E-state index contributed by atoms with van der Waals surface area (Å²) >= 11 is 1.58. The average Bonchev–Trinajstić information content (AvgIpc) is 3.27. The van der Waals surface area contributed by atoms with E-state index in [1.807, 2.05) is 29.2 Å². The van der Waals surface area contributed by atoms with E-state index in [4.69, 9.17) is 0 Å². The molecule has 0 radical (unpaired) electrons. The van der Waals surface area contributed by atoms with E-state index in [2.05, 4.69) is 4.98 Å². The topological polar surface area (TPSA) is 102 Å². The van der Waals surface area contributed by atoms with Crippen molar-refractivity contribution >= 4 is 38.6 Å². The van der Waals surface area contributed by atoms with Gasteiger partial charge < -0.3 is 4.90 Å². The van der Waals surface area contributed by atoms with E-state index in [9.17, 15) is 20.2 Å². The molecule has 1 fully saturated rings. The molecule has 0 saturated carbocycles. The molecule has 0 aliphatic carbocycles. The molecule has 26 heavy (non-hydrogen) atoms. The van der Waals surface area contributed by atoms with Crippen LogP contribution in [0.3, 0.4) is 0 Å². The van der Waals surface area contributed by atoms with Gasteiger partial charge in [-0.2, -0.15) is 0 Å². The molecule has 2 aromatic carbocycles. The van der Waals surface area contributed by atoms with Gasteiger partial charge in [-0.1, -0.05) is 12.1 Å². The van der Waals surface area contributed by atoms with Gasteiger partial charge in [-0.15, -0.1) is 11.3 Å². The van der Waals surface area contributed by atoms with Crippen LogP contribution in [0.2, 0.25) is 0 Å². The van der Waals surface area contributed by atoms with Gasteiger partial charge in [-0.3, -0.25) is 20.2 Å². The van der Waals surface area contributed by atoms with Gasteiger partial charge in [0.2, 0.25) is 0 Å². The standard InChI is InChI=1S/C17H14N4O4S/c22-20(23)11-7-8-13(15(10-11)21(24)25)19-9-3-5-14(19)17-18-12-4-1-2-6-16(12)26-17/h1-2,4,6-8,10,14H,3,5,9H2/t14-/m1/s1. The molecule has 4 rings (SSSR count). The minimum absolute atomic E-state index is 0.0624. The predicted octanol–water partition coefficient (Wildman–Crippen LogP) is 4.45. The van der Waals surface area contributed by atoms with Crippen molar-refractivity contribution in [1.82, 2.24) is 4.98 Å². The molecule has 0 N–H and O–H groups in total. The number of benzene rings is 2. The second-order valence-corrected chi connectivity index (χ2v) is 7.12. The smallest absolute Gasteiger partial charge is 0.299 e. The van der Waals surface area contributed by atoms with Crippen LogP contribution in [-0.4, -0.2) is 21.4 Å². The second kappa shape index (κ2) is 6.34. The van der Waals surface area contributed by atoms with Crippen molar-refractivity contribution in [3.63, 3.8) is 0 Å². The molecule has 0 bridgehead atoms. The van der Waals surface area contributed by atoms with Gasteiger partial charge in [0.25, 0.3) is 11.4 Å². The normalized spacial score (nSPS) is 16.9. The van der Waals surface area contributed by atoms with Crippen molar-refractivity contribution in [2.45, 2.75) is 18.9 Å². The van der Waals surface area contributed by atoms with E-state index in [-0.39, 0.29) is 17.4 Å². The maximum atomic E-state index is 11.5. The number of para-hydroxylation sites is 1. The van der Waals surface area contributed by atoms with Crippen molar-refractivity contribution in [2.24, 2.45) is 0 Å². The number of hydrogen-bond donors (Lipinski definition) is 0. The Kier molecular flexibility index (Phi) is 4.00. The molecule has 3 aromatic rings. The van der Waals surface area contributed by atoms with Crippen molar-refractivity contribution < 1.29 is 9.85 Å². The largest absolute Gasteiger partial charge is 0.357 e. The predicted molar refractivity (Wildman–Crippen MR) is 98.7 cm³/mol. The third-order valence-corrected chi connectivity index (χ3v) is 5.66. The van der Waals surface area contributed by atoms with Crippen LogP contribution in [0.15, 0.2) is 42.5 Å². The van der Waals surface area contributed by atoms with Gasteiger partial charge in [0.1, 0.15) is 10.7 Å². The number of nitro groups is 2. The summed E-state index contributed by atoms with van der Waals surface area (Å²) in [6, 6.07) is 11.6. The molecule has 1 aliphatic heterocycles. The van der Waals surface area contributed by atoms with E-state index < -0.39 is 9.85 Å². The number of non-ortho nitro benzene ring substituents is 1. The number of rotatable bonds is 4. The van der Waals surface area contributed by atoms with Gasteiger partial charge in [-0.05, 0) is 31.0 Å². The van der Waals surface area contributed by atoms with Crippen molar-refractivity contribution in [3.8, 4) is 0 Å². The lowest BCUT2D eigenvalue weighted by molar-refractivity contribution is -0.393. The lowest BCUT2D eigenvalue weighted by atomic mass is 10.2. The summed E-state index contributed by atoms with van der Waals surface area (Å²) in [5, 5.41) is 23.3. The number of anilines is 1. The number of fused-ring (bicyclic) bond motifs is 1. The van der Waals surface area contributed by atoms with Crippen LogP contribution in [0.5, 0.6) is 0 Å². The molecule has 1 aliphatic rings. The van der Waals surface area contributed by atoms with Gasteiger partial charge in [0.15, 0.2) is 0 Å². The Morgan fingerprint density at radius 1 is 1.12 bits per heavy atom. The Morgan fingerprint density at radius 3 is 2.65 bits per heavy atom. The first-order valence-corrected chi connectivity index (χ1v) is 8.91. The second-order valence-electron chi connectivity index (χ2n) is 6.06. The molecule has 1 aromatic heterocycles. The highest BCUT2D eigenvalue weighted by Crippen LogP contribution is 2.43. The first-order valence-electron chi connectivity index (χ1n) is 8.09. The molecule has 0 unspecified atom stereocenters. The number of thiazole rings is 1. The summed E-state index contributed by atoms with van der Waals surface area (Å²) < 4.78 is 1.08. The monoisotopic (exact) mass is 370 g/mol. The van der Waals surface area contributed by atoms with Crippen LogP contribution < -0.4 is 4.90 Å². The minimum Gasteiger partial charge on any atom is -0.357 e. The zero-order valence-electron chi connectivity index (χ0n) is 13.6. The summed E-state index contributed by atoms with van der Waals surface area (Å²) in [6.45, 7) is 0.652. The Morgan fingerprint density at radius 2 is 1.92 bits per heavy atom. The highest BCUT2D eigenvalue weighted by molar-refractivity contribution is 7.18. The van der Waals surface area contributed by atoms with Crippen LogP contribution in [0, 0.1) is 20.2 Å². The van der Waals surface area contributed by atoms with Crippen LogP contribution in [-0.2, 0) is 0 Å². The van der Waals surface area contributed by atoms with Crippen molar-refractivity contribution in [1.29, 1.82) is 0 Å². The average molecular weight is 370 g/mol. The van der Waals surface area contributed by atoms with Crippen LogP contribution in [0.1, 0.15) is 23.9 Å². The molecule has 132 valence electrons. The third kappa shape index (κ3) is 2.76. The fourth-order valence-electron chi connectivity index (χ4n) is 3.36. The molecule has 2 heterocycles. The SMILES string of the molecule is O=[N+]([O-])c1ccc(N2CCC[C@@H]2c2nc3ccccc3s2)c([N+](=O)[O-])c1. The molecule has 1 atom stereocenters. The van der Waals surface area contributed by atoms with Crippen LogP contribution in [0.4, 0.5) is 17.1 Å². The molecular weight excluding hydrogens is 356 g/mol. The zero-order chi connectivity index (χ0) is 18.3. The first kappa shape index (κ1) is 16.4. The molecule has 0 spiro atoms. The van der Waals surface area contributed by atoms with E-state index in [1.165, 1.54) is 12.1 Å². The third-order valence-electron chi connectivity index (χ3n) is 4.52. The molecule has 1 saturated heterocycles. The first-order chi connectivity index (χ1) is 12.5. The van der Waals surface area contributed by atoms with E-state index in [0.29, 0.717) is 12.2 Å². The summed E-state index contributed by atoms with van der Waals surface area (Å²) in [6.07, 6.45) is 1.72. The van der Waals surface area contributed by atoms with Gasteiger partial charge in [0, 0.05) is 12.6 Å². The quantitative estimate of drug-likeness (QED) is 0.496. The van der Waals surface area contributed by atoms with Crippen LogP contribution >= 0.6 is 11.3 Å². The van der Waals surface area contributed by atoms with Crippen molar-refractivity contribution in [3.05, 3.63) is 67.7 Å². The summed E-state index contributed by atoms with van der Waals surface area (Å²) in [4.78, 5) is 27.9. The zero-order valence-corrected chi connectivity index (χ0v) is 14.4. The highest BCUT2D eigenvalue weighted by atomic mass is 32.1. The van der Waals surface area contributed by atoms with Crippen molar-refractivity contribution in [2.75, 3.05) is 11.4 Å². The van der Waals surface area contributed by atoms with E-state index >= 15 is 0 Å². The Bertz CT molecular complexity index is 986. The summed E-state index contributed by atoms with van der Waals surface area (Å²) in [5.41, 5.74) is 0.795. The molecular formula is C17H14N4O4S. The number of aromatic nitrogens is 1. The lowest BCUT2D eigenvalue weighted by Crippen LogP contribution is -2.23. The number of hydrogen-bond acceptors (Lipinski definition) is 7. The Balaban J connectivity index is 1.76. The Labute approximate surface area is 152 Å². The van der Waals surface area contributed by atoms with E-state index in [1.54, 1.807) is 11.3 Å². The van der Waals surface area contributed by atoms with Crippen LogP contribution in [0.25, 0.3) is 10.2 Å². The summed E-state index contributed by atoms with van der Waals surface area (Å²) in [7, 11) is 0. The fourth-order valence-corrected chi connectivity index (χ4v) is 4.47.